The van der Waals surface area contributed by atoms with Crippen LogP contribution in [0.25, 0.3) is 10.9 Å². The highest BCUT2D eigenvalue weighted by Crippen LogP contribution is 2.18. The van der Waals surface area contributed by atoms with E-state index < -0.39 is 0 Å². The Morgan fingerprint density at radius 3 is 2.72 bits per heavy atom. The average Bonchev–Trinajstić information content (AvgIpc) is 2.29. The fourth-order valence-corrected chi connectivity index (χ4v) is 2.09. The average molecular weight is 245 g/mol. The predicted molar refractivity (Wildman–Crippen MR) is 74.3 cm³/mol. The number of hydrogen-bond donors (Lipinski definition) is 1. The molecule has 0 atom stereocenters. The Kier molecular flexibility index (Phi) is 3.70. The molecule has 0 spiro atoms. The standard InChI is InChI=1S/C15H19NO2/c1-4-18-12-5-6-14-13(9-12)15(17)8-11(16-14)7-10(2)3/h5-6,8-10H,4,7H2,1-3H3,(H,16,17). The second-order valence-electron chi connectivity index (χ2n) is 4.90. The largest absolute Gasteiger partial charge is 0.494 e. The van der Waals surface area contributed by atoms with Crippen LogP contribution in [0.2, 0.25) is 0 Å². The molecule has 0 bridgehead atoms. The zero-order valence-corrected chi connectivity index (χ0v) is 11.1. The molecule has 0 amide bonds. The molecule has 0 aliphatic rings. The van der Waals surface area contributed by atoms with E-state index in [1.807, 2.05) is 19.1 Å². The summed E-state index contributed by atoms with van der Waals surface area (Å²) in [4.78, 5) is 15.4. The molecule has 0 radical (unpaired) electrons. The van der Waals surface area contributed by atoms with Gasteiger partial charge in [0.2, 0.25) is 0 Å². The van der Waals surface area contributed by atoms with Gasteiger partial charge in [-0.15, -0.1) is 0 Å². The van der Waals surface area contributed by atoms with Crippen LogP contribution in [-0.4, -0.2) is 11.6 Å². The summed E-state index contributed by atoms with van der Waals surface area (Å²) in [5.74, 6) is 1.27. The molecule has 2 aromatic rings. The van der Waals surface area contributed by atoms with E-state index in [-0.39, 0.29) is 5.43 Å². The maximum atomic E-state index is 12.1. The minimum atomic E-state index is 0.0564. The first-order chi connectivity index (χ1) is 8.60. The molecule has 3 heteroatoms. The maximum Gasteiger partial charge on any atom is 0.189 e. The van der Waals surface area contributed by atoms with Gasteiger partial charge in [-0.25, -0.2) is 0 Å². The van der Waals surface area contributed by atoms with E-state index in [0.717, 1.165) is 23.4 Å². The van der Waals surface area contributed by atoms with E-state index >= 15 is 0 Å². The lowest BCUT2D eigenvalue weighted by molar-refractivity contribution is 0.340. The monoisotopic (exact) mass is 245 g/mol. The third kappa shape index (κ3) is 2.73. The number of aromatic amines is 1. The molecule has 0 saturated heterocycles. The first kappa shape index (κ1) is 12.7. The zero-order chi connectivity index (χ0) is 13.1. The summed E-state index contributed by atoms with van der Waals surface area (Å²) >= 11 is 0. The van der Waals surface area contributed by atoms with Gasteiger partial charge in [-0.1, -0.05) is 13.8 Å². The summed E-state index contributed by atoms with van der Waals surface area (Å²) in [6.07, 6.45) is 0.887. The minimum absolute atomic E-state index is 0.0564. The highest BCUT2D eigenvalue weighted by molar-refractivity contribution is 5.80. The molecule has 1 aromatic carbocycles. The van der Waals surface area contributed by atoms with E-state index in [1.54, 1.807) is 12.1 Å². The van der Waals surface area contributed by atoms with Crippen LogP contribution in [0.3, 0.4) is 0 Å². The summed E-state index contributed by atoms with van der Waals surface area (Å²) in [6, 6.07) is 7.29. The molecule has 1 N–H and O–H groups in total. The van der Waals surface area contributed by atoms with E-state index in [4.69, 9.17) is 4.74 Å². The predicted octanol–water partition coefficient (Wildman–Crippen LogP) is 3.13. The number of pyridine rings is 1. The smallest absolute Gasteiger partial charge is 0.189 e. The quantitative estimate of drug-likeness (QED) is 0.899. The highest BCUT2D eigenvalue weighted by atomic mass is 16.5. The van der Waals surface area contributed by atoms with Crippen LogP contribution in [-0.2, 0) is 6.42 Å². The second kappa shape index (κ2) is 5.25. The zero-order valence-electron chi connectivity index (χ0n) is 11.1. The summed E-state index contributed by atoms with van der Waals surface area (Å²) in [5, 5.41) is 0.688. The van der Waals surface area contributed by atoms with Crippen molar-refractivity contribution in [3.63, 3.8) is 0 Å². The van der Waals surface area contributed by atoms with Crippen LogP contribution in [0.15, 0.2) is 29.1 Å². The third-order valence-corrected chi connectivity index (χ3v) is 2.80. The second-order valence-corrected chi connectivity index (χ2v) is 4.90. The van der Waals surface area contributed by atoms with Crippen molar-refractivity contribution in [1.82, 2.24) is 4.98 Å². The molecule has 0 fully saturated rings. The lowest BCUT2D eigenvalue weighted by Gasteiger charge is -2.08. The topological polar surface area (TPSA) is 42.1 Å². The Morgan fingerprint density at radius 2 is 2.06 bits per heavy atom. The first-order valence-corrected chi connectivity index (χ1v) is 6.39. The normalized spacial score (nSPS) is 11.1. The number of hydrogen-bond acceptors (Lipinski definition) is 2. The van der Waals surface area contributed by atoms with Crippen LogP contribution in [0.4, 0.5) is 0 Å². The van der Waals surface area contributed by atoms with E-state index in [9.17, 15) is 4.79 Å². The SMILES string of the molecule is CCOc1ccc2[nH]c(CC(C)C)cc(=O)c2c1. The first-order valence-electron chi connectivity index (χ1n) is 6.39. The van der Waals surface area contributed by atoms with E-state index in [2.05, 4.69) is 18.8 Å². The van der Waals surface area contributed by atoms with Gasteiger partial charge in [0.15, 0.2) is 5.43 Å². The Hall–Kier alpha value is -1.77. The number of rotatable bonds is 4. The highest BCUT2D eigenvalue weighted by Gasteiger charge is 2.05. The fourth-order valence-electron chi connectivity index (χ4n) is 2.09. The van der Waals surface area contributed by atoms with Crippen molar-refractivity contribution in [1.29, 1.82) is 0 Å². The molecular weight excluding hydrogens is 226 g/mol. The van der Waals surface area contributed by atoms with Gasteiger partial charge in [-0.05, 0) is 37.5 Å². The van der Waals surface area contributed by atoms with Gasteiger partial charge >= 0.3 is 0 Å². The lowest BCUT2D eigenvalue weighted by atomic mass is 10.1. The number of aromatic nitrogens is 1. The summed E-state index contributed by atoms with van der Waals surface area (Å²) in [5.41, 5.74) is 1.93. The third-order valence-electron chi connectivity index (χ3n) is 2.80. The molecule has 1 heterocycles. The number of nitrogens with one attached hydrogen (secondary N) is 1. The molecule has 0 saturated carbocycles. The molecule has 0 aliphatic heterocycles. The maximum absolute atomic E-state index is 12.1. The molecule has 3 nitrogen and oxygen atoms in total. The Bertz CT molecular complexity index is 599. The number of H-pyrrole nitrogens is 1. The van der Waals surface area contributed by atoms with Crippen molar-refractivity contribution in [3.8, 4) is 5.75 Å². The molecule has 2 rings (SSSR count). The van der Waals surface area contributed by atoms with Crippen molar-refractivity contribution in [2.24, 2.45) is 5.92 Å². The Balaban J connectivity index is 2.48. The molecule has 0 unspecified atom stereocenters. The molecule has 1 aromatic heterocycles. The van der Waals surface area contributed by atoms with Gasteiger partial charge in [-0.3, -0.25) is 4.79 Å². The van der Waals surface area contributed by atoms with Gasteiger partial charge in [0.1, 0.15) is 5.75 Å². The van der Waals surface area contributed by atoms with Crippen LogP contribution < -0.4 is 10.2 Å². The molecule has 18 heavy (non-hydrogen) atoms. The van der Waals surface area contributed by atoms with Crippen molar-refractivity contribution in [3.05, 3.63) is 40.2 Å². The summed E-state index contributed by atoms with van der Waals surface area (Å²) < 4.78 is 5.41. The van der Waals surface area contributed by atoms with E-state index in [0.29, 0.717) is 17.9 Å². The van der Waals surface area contributed by atoms with Gasteiger partial charge in [0, 0.05) is 22.7 Å². The molecule has 96 valence electrons. The Labute approximate surface area is 107 Å². The van der Waals surface area contributed by atoms with Crippen LogP contribution >= 0.6 is 0 Å². The lowest BCUT2D eigenvalue weighted by Crippen LogP contribution is -2.07. The fraction of sp³-hybridized carbons (Fsp3) is 0.400. The number of benzene rings is 1. The van der Waals surface area contributed by atoms with Crippen molar-refractivity contribution in [2.45, 2.75) is 27.2 Å². The van der Waals surface area contributed by atoms with Crippen molar-refractivity contribution < 1.29 is 4.74 Å². The van der Waals surface area contributed by atoms with Gasteiger partial charge < -0.3 is 9.72 Å². The number of ether oxygens (including phenoxy) is 1. The van der Waals surface area contributed by atoms with Crippen LogP contribution in [0.5, 0.6) is 5.75 Å². The minimum Gasteiger partial charge on any atom is -0.494 e. The van der Waals surface area contributed by atoms with Crippen molar-refractivity contribution >= 4 is 10.9 Å². The van der Waals surface area contributed by atoms with Crippen molar-refractivity contribution in [2.75, 3.05) is 6.61 Å². The summed E-state index contributed by atoms with van der Waals surface area (Å²) in [6.45, 7) is 6.82. The molecular formula is C15H19NO2. The van der Waals surface area contributed by atoms with Crippen LogP contribution in [0, 0.1) is 5.92 Å². The number of fused-ring (bicyclic) bond motifs is 1. The van der Waals surface area contributed by atoms with Gasteiger partial charge in [0.05, 0.1) is 6.61 Å². The Morgan fingerprint density at radius 1 is 1.28 bits per heavy atom. The van der Waals surface area contributed by atoms with Gasteiger partial charge in [-0.2, -0.15) is 0 Å². The van der Waals surface area contributed by atoms with E-state index in [1.165, 1.54) is 0 Å². The molecule has 0 aliphatic carbocycles. The van der Waals surface area contributed by atoms with Crippen LogP contribution in [0.1, 0.15) is 26.5 Å². The summed E-state index contributed by atoms with van der Waals surface area (Å²) in [7, 11) is 0. The van der Waals surface area contributed by atoms with Gasteiger partial charge in [0.25, 0.3) is 0 Å².